The van der Waals surface area contributed by atoms with E-state index in [1.165, 1.54) is 30.4 Å². The first-order valence-corrected chi connectivity index (χ1v) is 11.9. The van der Waals surface area contributed by atoms with Crippen molar-refractivity contribution in [2.24, 2.45) is 0 Å². The zero-order valence-corrected chi connectivity index (χ0v) is 20.5. The molecule has 4 heteroatoms. The first-order chi connectivity index (χ1) is 15.0. The molecule has 2 heterocycles. The van der Waals surface area contributed by atoms with Crippen LogP contribution in [0.15, 0.2) is 30.5 Å². The van der Waals surface area contributed by atoms with Gasteiger partial charge in [0.15, 0.2) is 5.82 Å². The third kappa shape index (κ3) is 3.54. The van der Waals surface area contributed by atoms with E-state index in [0.717, 1.165) is 34.7 Å². The fourth-order valence-electron chi connectivity index (χ4n) is 5.31. The van der Waals surface area contributed by atoms with Crippen molar-refractivity contribution in [2.75, 3.05) is 0 Å². The molecule has 0 saturated heterocycles. The Balaban J connectivity index is 1.53. The number of aromatic nitrogens is 4. The number of fused-ring (bicyclic) bond motifs is 5. The summed E-state index contributed by atoms with van der Waals surface area (Å²) < 4.78 is 0. The molecular weight excluding hydrogens is 392 g/mol. The smallest absolute Gasteiger partial charge is 0.164 e. The average molecular weight is 427 g/mol. The quantitative estimate of drug-likeness (QED) is 0.449. The Kier molecular flexibility index (Phi) is 4.77. The molecule has 2 bridgehead atoms. The van der Waals surface area contributed by atoms with Gasteiger partial charge in [0.05, 0.1) is 5.69 Å². The van der Waals surface area contributed by atoms with E-state index >= 15 is 0 Å². The molecule has 2 aliphatic carbocycles. The highest BCUT2D eigenvalue weighted by Gasteiger charge is 2.38. The largest absolute Gasteiger partial charge is 0.255 e. The maximum atomic E-state index is 4.86. The molecule has 0 spiro atoms. The van der Waals surface area contributed by atoms with Crippen molar-refractivity contribution in [3.63, 3.8) is 0 Å². The molecule has 0 radical (unpaired) electrons. The van der Waals surface area contributed by atoms with Crippen molar-refractivity contribution in [3.8, 4) is 22.6 Å². The predicted molar refractivity (Wildman–Crippen MR) is 130 cm³/mol. The Bertz CT molecular complexity index is 1150. The van der Waals surface area contributed by atoms with Gasteiger partial charge in [0.2, 0.25) is 0 Å². The van der Waals surface area contributed by atoms with Crippen LogP contribution in [0.4, 0.5) is 0 Å². The number of pyridine rings is 1. The van der Waals surface area contributed by atoms with Gasteiger partial charge in [-0.2, -0.15) is 0 Å². The van der Waals surface area contributed by atoms with Crippen molar-refractivity contribution >= 4 is 0 Å². The minimum Gasteiger partial charge on any atom is -0.255 e. The van der Waals surface area contributed by atoms with Crippen molar-refractivity contribution < 1.29 is 0 Å². The normalized spacial score (nSPS) is 20.0. The topological polar surface area (TPSA) is 51.6 Å². The van der Waals surface area contributed by atoms with Crippen molar-refractivity contribution in [2.45, 2.75) is 90.4 Å². The molecule has 0 amide bonds. The second-order valence-corrected chi connectivity index (χ2v) is 11.7. The number of hydrogen-bond acceptors (Lipinski definition) is 4. The molecular formula is C28H34N4. The lowest BCUT2D eigenvalue weighted by Crippen LogP contribution is -2.24. The van der Waals surface area contributed by atoms with Crippen LogP contribution in [0.3, 0.4) is 0 Å². The van der Waals surface area contributed by atoms with Crippen LogP contribution in [0.5, 0.6) is 0 Å². The lowest BCUT2D eigenvalue weighted by molar-refractivity contribution is 0.497. The standard InChI is InChI=1S/C28H34N4/c1-16-20(11-12-21-17-8-9-18(14-17)23(16)21)22-13-10-19(15-29-22)24-30-25(27(2,3)4)32-26(31-24)28(5,6)7/h10-13,15,17-18H,8-9,14H2,1-7H3. The first-order valence-electron chi connectivity index (χ1n) is 11.9. The Morgan fingerprint density at radius 3 is 2.03 bits per heavy atom. The summed E-state index contributed by atoms with van der Waals surface area (Å²) in [7, 11) is 0. The Morgan fingerprint density at radius 2 is 1.44 bits per heavy atom. The predicted octanol–water partition coefficient (Wildman–Crippen LogP) is 6.87. The van der Waals surface area contributed by atoms with Gasteiger partial charge in [0.1, 0.15) is 11.6 Å². The van der Waals surface area contributed by atoms with Gasteiger partial charge in [-0.25, -0.2) is 15.0 Å². The lowest BCUT2D eigenvalue weighted by Gasteiger charge is -2.22. The highest BCUT2D eigenvalue weighted by molar-refractivity contribution is 5.69. The fraction of sp³-hybridized carbons (Fsp3) is 0.500. The van der Waals surface area contributed by atoms with E-state index in [1.807, 2.05) is 6.20 Å². The Morgan fingerprint density at radius 1 is 0.781 bits per heavy atom. The van der Waals surface area contributed by atoms with Crippen LogP contribution in [-0.4, -0.2) is 19.9 Å². The Hall–Kier alpha value is -2.62. The summed E-state index contributed by atoms with van der Waals surface area (Å²) in [5.41, 5.74) is 7.53. The van der Waals surface area contributed by atoms with E-state index in [4.69, 9.17) is 19.9 Å². The number of rotatable bonds is 2. The maximum Gasteiger partial charge on any atom is 0.164 e. The van der Waals surface area contributed by atoms with E-state index < -0.39 is 0 Å². The van der Waals surface area contributed by atoms with Crippen molar-refractivity contribution in [1.82, 2.24) is 19.9 Å². The van der Waals surface area contributed by atoms with E-state index in [1.54, 1.807) is 11.1 Å². The maximum absolute atomic E-state index is 4.86. The van der Waals surface area contributed by atoms with Crippen LogP contribution < -0.4 is 0 Å². The minimum atomic E-state index is -0.147. The zero-order chi connectivity index (χ0) is 22.8. The SMILES string of the molecule is Cc1c(-c2ccc(-c3nc(C(C)(C)C)nc(C(C)(C)C)n3)cn2)ccc2c1C1CCC2C1. The van der Waals surface area contributed by atoms with Gasteiger partial charge < -0.3 is 0 Å². The summed E-state index contributed by atoms with van der Waals surface area (Å²) >= 11 is 0. The molecule has 4 nitrogen and oxygen atoms in total. The van der Waals surface area contributed by atoms with Crippen LogP contribution in [0, 0.1) is 6.92 Å². The molecule has 1 fully saturated rings. The van der Waals surface area contributed by atoms with E-state index in [0.29, 0.717) is 5.82 Å². The molecule has 2 aromatic heterocycles. The second kappa shape index (κ2) is 7.19. The van der Waals surface area contributed by atoms with Crippen LogP contribution in [0.2, 0.25) is 0 Å². The van der Waals surface area contributed by atoms with E-state index in [2.05, 4.69) is 72.7 Å². The molecule has 2 unspecified atom stereocenters. The summed E-state index contributed by atoms with van der Waals surface area (Å²) in [6, 6.07) is 8.85. The molecule has 0 aliphatic heterocycles. The Labute approximate surface area is 192 Å². The second-order valence-electron chi connectivity index (χ2n) is 11.7. The number of hydrogen-bond donors (Lipinski definition) is 0. The molecule has 5 rings (SSSR count). The summed E-state index contributed by atoms with van der Waals surface area (Å²) in [6.45, 7) is 15.1. The van der Waals surface area contributed by atoms with Crippen LogP contribution >= 0.6 is 0 Å². The van der Waals surface area contributed by atoms with E-state index in [9.17, 15) is 0 Å². The van der Waals surface area contributed by atoms with Gasteiger partial charge in [-0.3, -0.25) is 4.98 Å². The zero-order valence-electron chi connectivity index (χ0n) is 20.5. The van der Waals surface area contributed by atoms with Crippen molar-refractivity contribution in [1.29, 1.82) is 0 Å². The third-order valence-electron chi connectivity index (χ3n) is 7.10. The molecule has 32 heavy (non-hydrogen) atoms. The van der Waals surface area contributed by atoms with Gasteiger partial charge in [-0.15, -0.1) is 0 Å². The summed E-state index contributed by atoms with van der Waals surface area (Å²) in [5.74, 6) is 3.89. The van der Waals surface area contributed by atoms with Crippen LogP contribution in [0.25, 0.3) is 22.6 Å². The number of benzene rings is 1. The van der Waals surface area contributed by atoms with Crippen LogP contribution in [0.1, 0.15) is 101 Å². The van der Waals surface area contributed by atoms with Gasteiger partial charge >= 0.3 is 0 Å². The van der Waals surface area contributed by atoms with Gasteiger partial charge in [-0.1, -0.05) is 53.7 Å². The first kappa shape index (κ1) is 21.2. The van der Waals surface area contributed by atoms with E-state index in [-0.39, 0.29) is 10.8 Å². The molecule has 1 aromatic carbocycles. The summed E-state index contributed by atoms with van der Waals surface area (Å²) in [5, 5.41) is 0. The molecule has 2 aliphatic rings. The fourth-order valence-corrected chi connectivity index (χ4v) is 5.31. The summed E-state index contributed by atoms with van der Waals surface area (Å²) in [4.78, 5) is 19.3. The molecule has 2 atom stereocenters. The molecule has 3 aromatic rings. The van der Waals surface area contributed by atoms with Gasteiger partial charge in [0.25, 0.3) is 0 Å². The average Bonchev–Trinajstić information content (AvgIpc) is 3.35. The number of nitrogens with zero attached hydrogens (tertiary/aromatic N) is 4. The molecule has 0 N–H and O–H groups in total. The van der Waals surface area contributed by atoms with Gasteiger partial charge in [-0.05, 0) is 66.8 Å². The van der Waals surface area contributed by atoms with Crippen LogP contribution in [-0.2, 0) is 10.8 Å². The molecule has 1 saturated carbocycles. The highest BCUT2D eigenvalue weighted by Crippen LogP contribution is 2.55. The van der Waals surface area contributed by atoms with Gasteiger partial charge in [0, 0.05) is 28.2 Å². The third-order valence-corrected chi connectivity index (χ3v) is 7.10. The molecule has 166 valence electrons. The van der Waals surface area contributed by atoms with Crippen molar-refractivity contribution in [3.05, 3.63) is 58.8 Å². The highest BCUT2D eigenvalue weighted by atomic mass is 15.1. The monoisotopic (exact) mass is 426 g/mol. The summed E-state index contributed by atoms with van der Waals surface area (Å²) in [6.07, 6.45) is 5.97. The lowest BCUT2D eigenvalue weighted by atomic mass is 9.86. The minimum absolute atomic E-state index is 0.147.